The maximum absolute atomic E-state index is 11.6. The van der Waals surface area contributed by atoms with Crippen molar-refractivity contribution >= 4 is 27.7 Å². The molecule has 1 aromatic rings. The molecule has 0 saturated carbocycles. The number of hydrogen-bond donors (Lipinski definition) is 1. The molecular weight excluding hydrogens is 392 g/mol. The highest BCUT2D eigenvalue weighted by atomic mass is 32.2. The van der Waals surface area contributed by atoms with E-state index in [2.05, 4.69) is 45.5 Å². The third-order valence-electron chi connectivity index (χ3n) is 5.62. The molecule has 156 valence electrons. The fourth-order valence-corrected chi connectivity index (χ4v) is 5.83. The summed E-state index contributed by atoms with van der Waals surface area (Å²) in [5.41, 5.74) is 0. The van der Waals surface area contributed by atoms with Crippen molar-refractivity contribution in [3.63, 3.8) is 0 Å². The Kier molecular flexibility index (Phi) is 7.65. The van der Waals surface area contributed by atoms with Crippen LogP contribution in [0, 0.1) is 11.8 Å². The highest BCUT2D eigenvalue weighted by Gasteiger charge is 2.27. The zero-order valence-corrected chi connectivity index (χ0v) is 18.5. The summed E-state index contributed by atoms with van der Waals surface area (Å²) < 4.78 is 24.9. The van der Waals surface area contributed by atoms with E-state index in [9.17, 15) is 8.42 Å². The van der Waals surface area contributed by atoms with Crippen molar-refractivity contribution in [2.24, 2.45) is 16.8 Å². The Balaban J connectivity index is 1.40. The molecule has 0 spiro atoms. The number of thioether (sulfide) groups is 1. The predicted octanol–water partition coefficient (Wildman–Crippen LogP) is 2.35. The van der Waals surface area contributed by atoms with Gasteiger partial charge in [-0.3, -0.25) is 4.99 Å². The third-order valence-corrected chi connectivity index (χ3v) is 8.16. The summed E-state index contributed by atoms with van der Waals surface area (Å²) in [7, 11) is -1.20. The van der Waals surface area contributed by atoms with Crippen LogP contribution < -0.4 is 5.32 Å². The Morgan fingerprint density at radius 3 is 2.46 bits per heavy atom. The lowest BCUT2D eigenvalue weighted by molar-refractivity contribution is 0.273. The molecule has 28 heavy (non-hydrogen) atoms. The van der Waals surface area contributed by atoms with Crippen LogP contribution in [0.3, 0.4) is 0 Å². The number of sulfonamides is 1. The van der Waals surface area contributed by atoms with E-state index in [4.69, 9.17) is 0 Å². The fraction of sp³-hybridized carbons (Fsp3) is 0.650. The number of hydrogen-bond acceptors (Lipinski definition) is 4. The number of piperidine rings is 1. The molecule has 1 N–H and O–H groups in total. The van der Waals surface area contributed by atoms with Crippen molar-refractivity contribution < 1.29 is 8.42 Å². The third kappa shape index (κ3) is 6.12. The first-order valence-corrected chi connectivity index (χ1v) is 12.9. The molecular formula is C20H32N4O2S2. The quantitative estimate of drug-likeness (QED) is 0.431. The van der Waals surface area contributed by atoms with Gasteiger partial charge >= 0.3 is 0 Å². The van der Waals surface area contributed by atoms with Crippen molar-refractivity contribution in [2.45, 2.75) is 24.2 Å². The van der Waals surface area contributed by atoms with Gasteiger partial charge in [0.05, 0.1) is 6.26 Å². The minimum atomic E-state index is -3.05. The first kappa shape index (κ1) is 21.5. The predicted molar refractivity (Wildman–Crippen MR) is 117 cm³/mol. The van der Waals surface area contributed by atoms with Crippen LogP contribution in [0.1, 0.15) is 19.3 Å². The standard InChI is InChI=1S/C20H32N4O2S2/c1-21-20(22-14-17-9-12-24(13-10-17)28(2,25)26)23-11-8-18(15-23)16-27-19-6-4-3-5-7-19/h3-7,17-18H,8-16H2,1-2H3,(H,21,22). The molecule has 0 aromatic heterocycles. The van der Waals surface area contributed by atoms with Gasteiger partial charge in [-0.15, -0.1) is 11.8 Å². The maximum atomic E-state index is 11.6. The molecule has 1 unspecified atom stereocenters. The summed E-state index contributed by atoms with van der Waals surface area (Å²) in [5.74, 6) is 3.31. The molecule has 0 radical (unpaired) electrons. The highest BCUT2D eigenvalue weighted by Crippen LogP contribution is 2.26. The van der Waals surface area contributed by atoms with Gasteiger partial charge in [-0.2, -0.15) is 0 Å². The van der Waals surface area contributed by atoms with E-state index in [1.807, 2.05) is 18.8 Å². The molecule has 8 heteroatoms. The van der Waals surface area contributed by atoms with Gasteiger partial charge in [-0.25, -0.2) is 12.7 Å². The van der Waals surface area contributed by atoms with Crippen molar-refractivity contribution in [1.29, 1.82) is 0 Å². The van der Waals surface area contributed by atoms with E-state index in [0.717, 1.165) is 44.2 Å². The lowest BCUT2D eigenvalue weighted by Gasteiger charge is -2.31. The van der Waals surface area contributed by atoms with Gasteiger partial charge in [0.25, 0.3) is 0 Å². The van der Waals surface area contributed by atoms with Crippen LogP contribution in [0.4, 0.5) is 0 Å². The van der Waals surface area contributed by atoms with Crippen LogP contribution in [-0.2, 0) is 10.0 Å². The Morgan fingerprint density at radius 1 is 1.14 bits per heavy atom. The monoisotopic (exact) mass is 424 g/mol. The molecule has 1 atom stereocenters. The van der Waals surface area contributed by atoms with Gasteiger partial charge in [0, 0.05) is 50.4 Å². The molecule has 0 bridgehead atoms. The number of aliphatic imine (C=N–C) groups is 1. The van der Waals surface area contributed by atoms with Gasteiger partial charge in [0.1, 0.15) is 0 Å². The van der Waals surface area contributed by atoms with Crippen molar-refractivity contribution in [3.8, 4) is 0 Å². The SMILES string of the molecule is CN=C(NCC1CCN(S(C)(=O)=O)CC1)N1CCC(CSc2ccccc2)C1. The number of guanidine groups is 1. The highest BCUT2D eigenvalue weighted by molar-refractivity contribution is 7.99. The zero-order valence-electron chi connectivity index (χ0n) is 16.9. The van der Waals surface area contributed by atoms with Crippen molar-refractivity contribution in [1.82, 2.24) is 14.5 Å². The van der Waals surface area contributed by atoms with Gasteiger partial charge in [-0.1, -0.05) is 18.2 Å². The summed E-state index contributed by atoms with van der Waals surface area (Å²) in [4.78, 5) is 8.18. The second-order valence-electron chi connectivity index (χ2n) is 7.76. The Hall–Kier alpha value is -1.25. The Bertz CT molecular complexity index is 747. The Labute approximate surface area is 173 Å². The van der Waals surface area contributed by atoms with E-state index < -0.39 is 10.0 Å². The summed E-state index contributed by atoms with van der Waals surface area (Å²) in [6.45, 7) is 4.22. The van der Waals surface area contributed by atoms with Crippen LogP contribution in [0.5, 0.6) is 0 Å². The molecule has 0 aliphatic carbocycles. The average molecular weight is 425 g/mol. The smallest absolute Gasteiger partial charge is 0.211 e. The van der Waals surface area contributed by atoms with E-state index in [1.165, 1.54) is 17.6 Å². The number of rotatable bonds is 6. The second kappa shape index (κ2) is 9.98. The largest absolute Gasteiger partial charge is 0.356 e. The molecule has 2 fully saturated rings. The molecule has 6 nitrogen and oxygen atoms in total. The fourth-order valence-electron chi connectivity index (χ4n) is 3.90. The van der Waals surface area contributed by atoms with Crippen molar-refractivity contribution in [2.75, 3.05) is 51.8 Å². The normalized spacial score (nSPS) is 22.6. The zero-order chi connectivity index (χ0) is 20.0. The van der Waals surface area contributed by atoms with Crippen LogP contribution in [0.25, 0.3) is 0 Å². The van der Waals surface area contributed by atoms with Crippen molar-refractivity contribution in [3.05, 3.63) is 30.3 Å². The summed E-state index contributed by atoms with van der Waals surface area (Å²) in [6, 6.07) is 10.6. The van der Waals surface area contributed by atoms with Gasteiger partial charge in [0.2, 0.25) is 10.0 Å². The maximum Gasteiger partial charge on any atom is 0.211 e. The lowest BCUT2D eigenvalue weighted by atomic mass is 9.98. The minimum absolute atomic E-state index is 0.502. The lowest BCUT2D eigenvalue weighted by Crippen LogP contribution is -2.45. The molecule has 2 aliphatic heterocycles. The average Bonchev–Trinajstić information content (AvgIpc) is 3.16. The number of nitrogens with one attached hydrogen (secondary N) is 1. The molecule has 1 aromatic carbocycles. The number of benzene rings is 1. The minimum Gasteiger partial charge on any atom is -0.356 e. The summed E-state index contributed by atoms with van der Waals surface area (Å²) in [6.07, 6.45) is 4.32. The van der Waals surface area contributed by atoms with Crippen LogP contribution >= 0.6 is 11.8 Å². The molecule has 2 heterocycles. The van der Waals surface area contributed by atoms with E-state index in [1.54, 1.807) is 4.31 Å². The number of nitrogens with zero attached hydrogens (tertiary/aromatic N) is 3. The van der Waals surface area contributed by atoms with E-state index in [0.29, 0.717) is 24.9 Å². The van der Waals surface area contributed by atoms with Gasteiger partial charge in [-0.05, 0) is 43.2 Å². The molecule has 2 aliphatic rings. The van der Waals surface area contributed by atoms with Crippen LogP contribution in [-0.4, -0.2) is 75.4 Å². The molecule has 0 amide bonds. The first-order valence-electron chi connectivity index (χ1n) is 10.0. The molecule has 2 saturated heterocycles. The number of likely N-dealkylation sites (tertiary alicyclic amines) is 1. The summed E-state index contributed by atoms with van der Waals surface area (Å²) >= 11 is 1.94. The first-order chi connectivity index (χ1) is 13.5. The Morgan fingerprint density at radius 2 is 1.82 bits per heavy atom. The van der Waals surface area contributed by atoms with Gasteiger partial charge < -0.3 is 10.2 Å². The molecule has 3 rings (SSSR count). The van der Waals surface area contributed by atoms with E-state index >= 15 is 0 Å². The topological polar surface area (TPSA) is 65.0 Å². The summed E-state index contributed by atoms with van der Waals surface area (Å²) in [5, 5.41) is 3.53. The van der Waals surface area contributed by atoms with Crippen LogP contribution in [0.15, 0.2) is 40.2 Å². The van der Waals surface area contributed by atoms with E-state index in [-0.39, 0.29) is 0 Å². The second-order valence-corrected chi connectivity index (χ2v) is 10.8. The van der Waals surface area contributed by atoms with Gasteiger partial charge in [0.15, 0.2) is 5.96 Å². The van der Waals surface area contributed by atoms with Crippen LogP contribution in [0.2, 0.25) is 0 Å².